The van der Waals surface area contributed by atoms with Crippen molar-refractivity contribution in [3.05, 3.63) is 114 Å². The van der Waals surface area contributed by atoms with Crippen LogP contribution in [0.5, 0.6) is 0 Å². The Kier molecular flexibility index (Phi) is 7.89. The van der Waals surface area contributed by atoms with Gasteiger partial charge in [-0.1, -0.05) is 78.3 Å². The van der Waals surface area contributed by atoms with Gasteiger partial charge in [-0.05, 0) is 40.8 Å². The summed E-state index contributed by atoms with van der Waals surface area (Å²) < 4.78 is 14.9. The first kappa shape index (κ1) is 24.1. The van der Waals surface area contributed by atoms with Gasteiger partial charge in [0.15, 0.2) is 5.79 Å². The third-order valence-corrected chi connectivity index (χ3v) is 7.63. The second kappa shape index (κ2) is 11.4. The number of halogens is 1. The molecule has 6 heteroatoms. The van der Waals surface area contributed by atoms with Gasteiger partial charge in [0.05, 0.1) is 25.6 Å². The van der Waals surface area contributed by atoms with Crippen LogP contribution in [0.2, 0.25) is 5.02 Å². The zero-order valence-electron chi connectivity index (χ0n) is 19.6. The fraction of sp³-hybridized carbons (Fsp3) is 0.276. The third-order valence-electron chi connectivity index (χ3n) is 6.24. The van der Waals surface area contributed by atoms with E-state index in [2.05, 4.69) is 65.6 Å². The van der Waals surface area contributed by atoms with E-state index in [9.17, 15) is 0 Å². The minimum absolute atomic E-state index is 0.0670. The molecule has 3 aromatic carbocycles. The fourth-order valence-electron chi connectivity index (χ4n) is 4.37. The van der Waals surface area contributed by atoms with Crippen molar-refractivity contribution in [1.29, 1.82) is 0 Å². The molecule has 0 aliphatic carbocycles. The normalized spacial score (nSPS) is 19.7. The Labute approximate surface area is 216 Å². The summed E-state index contributed by atoms with van der Waals surface area (Å²) in [7, 11) is 0. The summed E-state index contributed by atoms with van der Waals surface area (Å²) in [5.74, 6) is 1.20. The summed E-state index contributed by atoms with van der Waals surface area (Å²) in [4.78, 5) is 4.18. The van der Waals surface area contributed by atoms with E-state index in [1.165, 1.54) is 22.3 Å². The number of nitrogens with zero attached hydrogens (tertiary/aromatic N) is 2. The molecule has 1 aromatic heterocycles. The SMILES string of the molecule is Clc1ccc(CCC2(Cn3ccnc3)OCC(CSCc3ccc(-c4ccccc4)cc3)O2)cc1. The Balaban J connectivity index is 1.16. The number of aromatic nitrogens is 2. The van der Waals surface area contributed by atoms with Crippen LogP contribution >= 0.6 is 23.4 Å². The molecule has 2 atom stereocenters. The number of hydrogen-bond acceptors (Lipinski definition) is 4. The summed E-state index contributed by atoms with van der Waals surface area (Å²) in [6.45, 7) is 1.23. The molecule has 0 N–H and O–H groups in total. The molecule has 1 aliphatic heterocycles. The monoisotopic (exact) mass is 504 g/mol. The molecule has 4 nitrogen and oxygen atoms in total. The van der Waals surface area contributed by atoms with Crippen LogP contribution in [0.15, 0.2) is 97.6 Å². The molecule has 4 aromatic rings. The molecule has 1 aliphatic rings. The van der Waals surface area contributed by atoms with Gasteiger partial charge in [-0.3, -0.25) is 0 Å². The highest BCUT2D eigenvalue weighted by atomic mass is 35.5. The largest absolute Gasteiger partial charge is 0.345 e. The van der Waals surface area contributed by atoms with Gasteiger partial charge in [0.2, 0.25) is 0 Å². The van der Waals surface area contributed by atoms with Crippen molar-refractivity contribution >= 4 is 23.4 Å². The van der Waals surface area contributed by atoms with Gasteiger partial charge in [0, 0.05) is 35.3 Å². The Hall–Kier alpha value is -2.57. The van der Waals surface area contributed by atoms with Crippen LogP contribution in [0.3, 0.4) is 0 Å². The average Bonchev–Trinajstić information content (AvgIpc) is 3.55. The van der Waals surface area contributed by atoms with Crippen LogP contribution in [-0.4, -0.2) is 33.8 Å². The summed E-state index contributed by atoms with van der Waals surface area (Å²) in [6, 6.07) is 27.3. The minimum atomic E-state index is -0.650. The van der Waals surface area contributed by atoms with Gasteiger partial charge in [-0.2, -0.15) is 11.8 Å². The van der Waals surface area contributed by atoms with E-state index in [4.69, 9.17) is 21.1 Å². The Morgan fingerprint density at radius 1 is 0.943 bits per heavy atom. The maximum atomic E-state index is 6.57. The zero-order chi connectivity index (χ0) is 23.9. The predicted octanol–water partition coefficient (Wildman–Crippen LogP) is 6.88. The second-order valence-corrected chi connectivity index (χ2v) is 10.4. The Morgan fingerprint density at radius 2 is 1.69 bits per heavy atom. The topological polar surface area (TPSA) is 36.3 Å². The maximum absolute atomic E-state index is 6.57. The van der Waals surface area contributed by atoms with Gasteiger partial charge in [-0.15, -0.1) is 0 Å². The van der Waals surface area contributed by atoms with Crippen LogP contribution in [0.1, 0.15) is 17.5 Å². The molecule has 1 saturated heterocycles. The molecule has 1 fully saturated rings. The maximum Gasteiger partial charge on any atom is 0.187 e. The van der Waals surface area contributed by atoms with Crippen molar-refractivity contribution in [2.45, 2.75) is 37.0 Å². The molecule has 180 valence electrons. The lowest BCUT2D eigenvalue weighted by molar-refractivity contribution is -0.180. The molecule has 0 radical (unpaired) electrons. The summed E-state index contributed by atoms with van der Waals surface area (Å²) >= 11 is 7.94. The fourth-order valence-corrected chi connectivity index (χ4v) is 5.47. The van der Waals surface area contributed by atoms with E-state index in [1.807, 2.05) is 47.1 Å². The van der Waals surface area contributed by atoms with E-state index >= 15 is 0 Å². The van der Waals surface area contributed by atoms with E-state index in [-0.39, 0.29) is 6.10 Å². The number of hydrogen-bond donors (Lipinski definition) is 0. The molecular weight excluding hydrogens is 476 g/mol. The van der Waals surface area contributed by atoms with E-state index in [0.717, 1.165) is 29.4 Å². The first-order chi connectivity index (χ1) is 17.2. The van der Waals surface area contributed by atoms with Gasteiger partial charge in [0.25, 0.3) is 0 Å². The Morgan fingerprint density at radius 3 is 2.43 bits per heavy atom. The summed E-state index contributed by atoms with van der Waals surface area (Å²) in [6.07, 6.45) is 7.26. The standard InChI is InChI=1S/C29H29ClN2O2S/c30-27-12-8-23(9-13-27)14-15-29(21-32-17-16-31-22-32)33-18-28(34-29)20-35-19-24-6-10-26(11-7-24)25-4-2-1-3-5-25/h1-13,16-17,22,28H,14-15,18-21H2. The molecule has 0 amide bonds. The van der Waals surface area contributed by atoms with Gasteiger partial charge in [-0.25, -0.2) is 4.98 Å². The van der Waals surface area contributed by atoms with Crippen molar-refractivity contribution in [1.82, 2.24) is 9.55 Å². The highest BCUT2D eigenvalue weighted by molar-refractivity contribution is 7.98. The van der Waals surface area contributed by atoms with Crippen LogP contribution in [0, 0.1) is 0 Å². The van der Waals surface area contributed by atoms with Crippen molar-refractivity contribution in [3.8, 4) is 11.1 Å². The van der Waals surface area contributed by atoms with Crippen molar-refractivity contribution < 1.29 is 9.47 Å². The summed E-state index contributed by atoms with van der Waals surface area (Å²) in [5.41, 5.74) is 5.04. The van der Waals surface area contributed by atoms with Crippen molar-refractivity contribution in [2.75, 3.05) is 12.4 Å². The zero-order valence-corrected chi connectivity index (χ0v) is 21.1. The number of thioether (sulfide) groups is 1. The average molecular weight is 505 g/mol. The van der Waals surface area contributed by atoms with Crippen molar-refractivity contribution in [3.63, 3.8) is 0 Å². The Bertz CT molecular complexity index is 1180. The van der Waals surface area contributed by atoms with Gasteiger partial charge >= 0.3 is 0 Å². The molecular formula is C29H29ClN2O2S. The number of imidazole rings is 1. The molecule has 2 unspecified atom stereocenters. The van der Waals surface area contributed by atoms with Crippen LogP contribution in [0.25, 0.3) is 11.1 Å². The lowest BCUT2D eigenvalue weighted by Crippen LogP contribution is -2.37. The van der Waals surface area contributed by atoms with Crippen LogP contribution < -0.4 is 0 Å². The molecule has 0 saturated carbocycles. The highest BCUT2D eigenvalue weighted by Crippen LogP contribution is 2.33. The van der Waals surface area contributed by atoms with Crippen molar-refractivity contribution in [2.24, 2.45) is 0 Å². The van der Waals surface area contributed by atoms with Gasteiger partial charge < -0.3 is 14.0 Å². The van der Waals surface area contributed by atoms with Crippen LogP contribution in [0.4, 0.5) is 0 Å². The number of rotatable bonds is 10. The van der Waals surface area contributed by atoms with Crippen LogP contribution in [-0.2, 0) is 28.2 Å². The minimum Gasteiger partial charge on any atom is -0.345 e. The number of benzene rings is 3. The van der Waals surface area contributed by atoms with E-state index in [1.54, 1.807) is 6.20 Å². The van der Waals surface area contributed by atoms with Gasteiger partial charge in [0.1, 0.15) is 0 Å². The molecule has 2 heterocycles. The molecule has 35 heavy (non-hydrogen) atoms. The summed E-state index contributed by atoms with van der Waals surface area (Å²) in [5, 5.41) is 0.752. The van der Waals surface area contributed by atoms with E-state index < -0.39 is 5.79 Å². The number of ether oxygens (including phenoxy) is 2. The molecule has 5 rings (SSSR count). The first-order valence-electron chi connectivity index (χ1n) is 11.9. The lowest BCUT2D eigenvalue weighted by Gasteiger charge is -2.28. The molecule has 0 spiro atoms. The molecule has 0 bridgehead atoms. The quantitative estimate of drug-likeness (QED) is 0.236. The smallest absolute Gasteiger partial charge is 0.187 e. The third kappa shape index (κ3) is 6.56. The predicted molar refractivity (Wildman–Crippen MR) is 144 cm³/mol. The lowest BCUT2D eigenvalue weighted by atomic mass is 10.0. The highest BCUT2D eigenvalue weighted by Gasteiger charge is 2.41. The first-order valence-corrected chi connectivity index (χ1v) is 13.4. The second-order valence-electron chi connectivity index (χ2n) is 8.90. The number of aryl methyl sites for hydroxylation is 1. The van der Waals surface area contributed by atoms with E-state index in [0.29, 0.717) is 13.2 Å².